The van der Waals surface area contributed by atoms with Crippen LogP contribution in [0, 0.1) is 0 Å². The Balaban J connectivity index is 0.00000208. The van der Waals surface area contributed by atoms with Gasteiger partial charge in [0.15, 0.2) is 0 Å². The van der Waals surface area contributed by atoms with Gasteiger partial charge >= 0.3 is 0 Å². The third-order valence-corrected chi connectivity index (χ3v) is 3.94. The SMILES string of the molecule is CC(NC(=O)C1CC(F)(F)CN1)c1ccccc1-n1cccn1.Cl. The van der Waals surface area contributed by atoms with Gasteiger partial charge in [-0.3, -0.25) is 10.1 Å². The summed E-state index contributed by atoms with van der Waals surface area (Å²) in [6.07, 6.45) is 3.02. The topological polar surface area (TPSA) is 59.0 Å². The fourth-order valence-corrected chi connectivity index (χ4v) is 2.77. The molecule has 1 aliphatic rings. The van der Waals surface area contributed by atoms with E-state index >= 15 is 0 Å². The molecule has 0 aliphatic carbocycles. The van der Waals surface area contributed by atoms with Gasteiger partial charge in [-0.1, -0.05) is 18.2 Å². The molecule has 2 atom stereocenters. The van der Waals surface area contributed by atoms with E-state index in [0.717, 1.165) is 11.3 Å². The highest BCUT2D eigenvalue weighted by Gasteiger charge is 2.42. The van der Waals surface area contributed by atoms with Crippen LogP contribution in [-0.4, -0.2) is 34.2 Å². The maximum atomic E-state index is 13.2. The Labute approximate surface area is 144 Å². The minimum Gasteiger partial charge on any atom is -0.348 e. The van der Waals surface area contributed by atoms with Gasteiger partial charge in [-0.05, 0) is 24.6 Å². The molecule has 0 radical (unpaired) electrons. The van der Waals surface area contributed by atoms with E-state index < -0.39 is 30.8 Å². The first-order valence-electron chi connectivity index (χ1n) is 7.47. The number of benzene rings is 1. The summed E-state index contributed by atoms with van der Waals surface area (Å²) in [5, 5.41) is 9.57. The lowest BCUT2D eigenvalue weighted by Gasteiger charge is -2.20. The molecule has 2 aromatic rings. The Morgan fingerprint density at radius 1 is 1.42 bits per heavy atom. The Bertz CT molecular complexity index is 693. The van der Waals surface area contributed by atoms with E-state index in [2.05, 4.69) is 15.7 Å². The van der Waals surface area contributed by atoms with Crippen LogP contribution in [0.3, 0.4) is 0 Å². The molecular weight excluding hydrogens is 338 g/mol. The number of hydrogen-bond acceptors (Lipinski definition) is 3. The maximum absolute atomic E-state index is 13.2. The molecule has 1 fully saturated rings. The summed E-state index contributed by atoms with van der Waals surface area (Å²) in [5.74, 6) is -3.23. The van der Waals surface area contributed by atoms with Crippen molar-refractivity contribution in [1.29, 1.82) is 0 Å². The average molecular weight is 357 g/mol. The van der Waals surface area contributed by atoms with Gasteiger partial charge in [0.25, 0.3) is 5.92 Å². The van der Waals surface area contributed by atoms with E-state index in [4.69, 9.17) is 0 Å². The van der Waals surface area contributed by atoms with Gasteiger partial charge in [0.05, 0.1) is 24.3 Å². The number of amides is 1. The van der Waals surface area contributed by atoms with E-state index in [9.17, 15) is 13.6 Å². The van der Waals surface area contributed by atoms with Gasteiger partial charge in [-0.25, -0.2) is 13.5 Å². The summed E-state index contributed by atoms with van der Waals surface area (Å²) in [5.41, 5.74) is 1.71. The van der Waals surface area contributed by atoms with Crippen LogP contribution >= 0.6 is 12.4 Å². The molecule has 2 heterocycles. The largest absolute Gasteiger partial charge is 0.348 e. The predicted molar refractivity (Wildman–Crippen MR) is 88.7 cm³/mol. The number of hydrogen-bond donors (Lipinski definition) is 2. The van der Waals surface area contributed by atoms with Crippen LogP contribution in [0.25, 0.3) is 5.69 Å². The first-order chi connectivity index (χ1) is 11.0. The van der Waals surface area contributed by atoms with E-state index in [1.54, 1.807) is 10.9 Å². The molecule has 0 spiro atoms. The van der Waals surface area contributed by atoms with Gasteiger partial charge in [0.2, 0.25) is 5.91 Å². The molecule has 1 aliphatic heterocycles. The van der Waals surface area contributed by atoms with Crippen LogP contribution in [0.2, 0.25) is 0 Å². The highest BCUT2D eigenvalue weighted by atomic mass is 35.5. The smallest absolute Gasteiger partial charge is 0.262 e. The summed E-state index contributed by atoms with van der Waals surface area (Å²) in [4.78, 5) is 12.2. The van der Waals surface area contributed by atoms with Crippen LogP contribution in [-0.2, 0) is 4.79 Å². The van der Waals surface area contributed by atoms with E-state index in [-0.39, 0.29) is 18.4 Å². The van der Waals surface area contributed by atoms with Gasteiger partial charge < -0.3 is 5.32 Å². The molecule has 1 saturated heterocycles. The molecule has 130 valence electrons. The fraction of sp³-hybridized carbons (Fsp3) is 0.375. The molecule has 3 rings (SSSR count). The Morgan fingerprint density at radius 2 is 2.17 bits per heavy atom. The number of aromatic nitrogens is 2. The quantitative estimate of drug-likeness (QED) is 0.884. The van der Waals surface area contributed by atoms with Crippen LogP contribution in [0.4, 0.5) is 8.78 Å². The van der Waals surface area contributed by atoms with Crippen LogP contribution in [0.5, 0.6) is 0 Å². The van der Waals surface area contributed by atoms with Crippen molar-refractivity contribution in [3.05, 3.63) is 48.3 Å². The lowest BCUT2D eigenvalue weighted by atomic mass is 10.1. The van der Waals surface area contributed by atoms with Crippen molar-refractivity contribution >= 4 is 18.3 Å². The van der Waals surface area contributed by atoms with Crippen molar-refractivity contribution in [2.24, 2.45) is 0 Å². The summed E-state index contributed by atoms with van der Waals surface area (Å²) in [6.45, 7) is 1.37. The Hall–Kier alpha value is -1.99. The van der Waals surface area contributed by atoms with Gasteiger partial charge in [0.1, 0.15) is 0 Å². The normalized spacial score (nSPS) is 20.2. The zero-order valence-electron chi connectivity index (χ0n) is 13.1. The molecule has 1 aromatic carbocycles. The number of nitrogens with one attached hydrogen (secondary N) is 2. The van der Waals surface area contributed by atoms with Crippen molar-refractivity contribution in [2.45, 2.75) is 31.4 Å². The molecule has 8 heteroatoms. The summed E-state index contributed by atoms with van der Waals surface area (Å²) in [6, 6.07) is 8.17. The number of alkyl halides is 2. The standard InChI is InChI=1S/C16H18F2N4O.ClH/c1-11(21-15(23)13-9-16(17,18)10-19-13)12-5-2-3-6-14(12)22-8-4-7-20-22;/h2-8,11,13,19H,9-10H2,1H3,(H,21,23);1H. The van der Waals surface area contributed by atoms with Gasteiger partial charge in [-0.15, -0.1) is 12.4 Å². The second kappa shape index (κ2) is 7.27. The lowest BCUT2D eigenvalue weighted by Crippen LogP contribution is -2.41. The minimum absolute atomic E-state index is 0. The molecule has 1 amide bonds. The molecule has 0 saturated carbocycles. The van der Waals surface area contributed by atoms with Gasteiger partial charge in [-0.2, -0.15) is 5.10 Å². The first kappa shape index (κ1) is 18.4. The van der Waals surface area contributed by atoms with Crippen molar-refractivity contribution in [2.75, 3.05) is 6.54 Å². The molecular formula is C16H19ClF2N4O. The van der Waals surface area contributed by atoms with E-state index in [1.807, 2.05) is 43.5 Å². The number of rotatable bonds is 4. The summed E-state index contributed by atoms with van der Waals surface area (Å²) >= 11 is 0. The Morgan fingerprint density at radius 3 is 2.79 bits per heavy atom. The molecule has 5 nitrogen and oxygen atoms in total. The van der Waals surface area contributed by atoms with Crippen LogP contribution in [0.15, 0.2) is 42.7 Å². The molecule has 2 unspecified atom stereocenters. The van der Waals surface area contributed by atoms with Crippen LogP contribution < -0.4 is 10.6 Å². The van der Waals surface area contributed by atoms with Crippen molar-refractivity contribution in [3.63, 3.8) is 0 Å². The zero-order chi connectivity index (χ0) is 16.4. The third kappa shape index (κ3) is 3.91. The highest BCUT2D eigenvalue weighted by Crippen LogP contribution is 2.26. The van der Waals surface area contributed by atoms with Gasteiger partial charge in [0, 0.05) is 18.8 Å². The Kier molecular flexibility index (Phi) is 5.56. The van der Waals surface area contributed by atoms with Crippen molar-refractivity contribution in [1.82, 2.24) is 20.4 Å². The molecule has 24 heavy (non-hydrogen) atoms. The number of carbonyl (C=O) groups is 1. The lowest BCUT2D eigenvalue weighted by molar-refractivity contribution is -0.124. The third-order valence-electron chi connectivity index (χ3n) is 3.94. The van der Waals surface area contributed by atoms with E-state index in [1.165, 1.54) is 0 Å². The highest BCUT2D eigenvalue weighted by molar-refractivity contribution is 5.85. The monoisotopic (exact) mass is 356 g/mol. The van der Waals surface area contributed by atoms with Crippen molar-refractivity contribution in [3.8, 4) is 5.69 Å². The van der Waals surface area contributed by atoms with Crippen molar-refractivity contribution < 1.29 is 13.6 Å². The number of nitrogens with zero attached hydrogens (tertiary/aromatic N) is 2. The second-order valence-corrected chi connectivity index (χ2v) is 5.73. The number of para-hydroxylation sites is 1. The molecule has 2 N–H and O–H groups in total. The second-order valence-electron chi connectivity index (χ2n) is 5.73. The fourth-order valence-electron chi connectivity index (χ4n) is 2.77. The zero-order valence-corrected chi connectivity index (χ0v) is 13.9. The summed E-state index contributed by atoms with van der Waals surface area (Å²) < 4.78 is 28.1. The van der Waals surface area contributed by atoms with E-state index in [0.29, 0.717) is 0 Å². The minimum atomic E-state index is -2.82. The first-order valence-corrected chi connectivity index (χ1v) is 7.47. The predicted octanol–water partition coefficient (Wildman–Crippen LogP) is 2.47. The number of halogens is 3. The number of carbonyl (C=O) groups excluding carboxylic acids is 1. The molecule has 1 aromatic heterocycles. The maximum Gasteiger partial charge on any atom is 0.262 e. The molecule has 0 bridgehead atoms. The van der Waals surface area contributed by atoms with Crippen LogP contribution in [0.1, 0.15) is 24.9 Å². The summed E-state index contributed by atoms with van der Waals surface area (Å²) in [7, 11) is 0. The average Bonchev–Trinajstić information content (AvgIpc) is 3.16.